The van der Waals surface area contributed by atoms with Gasteiger partial charge in [-0.05, 0) is 42.8 Å². The van der Waals surface area contributed by atoms with Crippen LogP contribution in [0.1, 0.15) is 5.56 Å². The Labute approximate surface area is 157 Å². The third kappa shape index (κ3) is 3.64. The van der Waals surface area contributed by atoms with Crippen molar-refractivity contribution in [2.75, 3.05) is 22.1 Å². The molecule has 0 spiro atoms. The van der Waals surface area contributed by atoms with Gasteiger partial charge < -0.3 is 15.5 Å². The van der Waals surface area contributed by atoms with Crippen molar-refractivity contribution in [1.82, 2.24) is 9.97 Å². The summed E-state index contributed by atoms with van der Waals surface area (Å²) in [5, 5.41) is 6.03. The lowest BCUT2D eigenvalue weighted by Gasteiger charge is -2.19. The smallest absolute Gasteiger partial charge is 0.247 e. The fraction of sp³-hybridized carbons (Fsp3) is 0.0952. The maximum absolute atomic E-state index is 11.6. The van der Waals surface area contributed by atoms with Crippen LogP contribution in [0.5, 0.6) is 0 Å². The van der Waals surface area contributed by atoms with E-state index < -0.39 is 0 Å². The summed E-state index contributed by atoms with van der Waals surface area (Å²) in [6.07, 6.45) is 4.01. The highest BCUT2D eigenvalue weighted by molar-refractivity contribution is 5.99. The number of amides is 1. The number of nitrogens with zero attached hydrogens (tertiary/aromatic N) is 3. The Balaban J connectivity index is 1.61. The van der Waals surface area contributed by atoms with Crippen molar-refractivity contribution in [1.29, 1.82) is 0 Å². The van der Waals surface area contributed by atoms with Crippen LogP contribution in [-0.4, -0.2) is 22.4 Å². The molecule has 1 aromatic heterocycles. The molecule has 134 valence electrons. The average molecular weight is 357 g/mol. The first-order valence-electron chi connectivity index (χ1n) is 8.72. The third-order valence-electron chi connectivity index (χ3n) is 4.34. The predicted octanol–water partition coefficient (Wildman–Crippen LogP) is 4.04. The lowest BCUT2D eigenvalue weighted by Crippen LogP contribution is -2.15. The van der Waals surface area contributed by atoms with E-state index in [2.05, 4.69) is 27.1 Å². The van der Waals surface area contributed by atoms with E-state index in [1.807, 2.05) is 60.8 Å². The van der Waals surface area contributed by atoms with Crippen LogP contribution < -0.4 is 15.5 Å². The molecule has 1 amide bonds. The normalized spacial score (nSPS) is 12.4. The van der Waals surface area contributed by atoms with Gasteiger partial charge in [0.2, 0.25) is 11.9 Å². The molecule has 2 N–H and O–H groups in total. The minimum absolute atomic E-state index is 0.231. The first kappa shape index (κ1) is 16.8. The molecule has 3 aromatic rings. The number of benzene rings is 2. The molecular weight excluding hydrogens is 338 g/mol. The third-order valence-corrected chi connectivity index (χ3v) is 4.34. The van der Waals surface area contributed by atoms with Gasteiger partial charge in [0.25, 0.3) is 0 Å². The van der Waals surface area contributed by atoms with Crippen molar-refractivity contribution >= 4 is 34.7 Å². The highest BCUT2D eigenvalue weighted by Crippen LogP contribution is 2.34. The Morgan fingerprint density at radius 3 is 2.74 bits per heavy atom. The number of carbonyl (C=O) groups excluding carboxylic acids is 1. The van der Waals surface area contributed by atoms with Crippen LogP contribution in [0.2, 0.25) is 0 Å². The summed E-state index contributed by atoms with van der Waals surface area (Å²) in [6.45, 7) is 4.30. The van der Waals surface area contributed by atoms with E-state index in [1.54, 1.807) is 0 Å². The van der Waals surface area contributed by atoms with E-state index >= 15 is 0 Å². The Morgan fingerprint density at radius 1 is 1.11 bits per heavy atom. The van der Waals surface area contributed by atoms with E-state index in [4.69, 9.17) is 4.98 Å². The standard InChI is InChI=1S/C21H19N5O/c1-2-19(27)23-17-9-6-10-18(13-17)26-12-11-15-14-22-21(25-20(15)26)24-16-7-4-3-5-8-16/h2-10,13-14H,1,11-12H2,(H,23,27)(H,22,24,25). The highest BCUT2D eigenvalue weighted by Gasteiger charge is 2.23. The monoisotopic (exact) mass is 357 g/mol. The first-order chi connectivity index (χ1) is 13.2. The van der Waals surface area contributed by atoms with Crippen LogP contribution in [0.4, 0.5) is 28.8 Å². The number of fused-ring (bicyclic) bond motifs is 1. The lowest BCUT2D eigenvalue weighted by molar-refractivity contribution is -0.111. The van der Waals surface area contributed by atoms with Crippen LogP contribution in [0.25, 0.3) is 0 Å². The average Bonchev–Trinajstić information content (AvgIpc) is 3.12. The van der Waals surface area contributed by atoms with Crippen molar-refractivity contribution in [2.45, 2.75) is 6.42 Å². The highest BCUT2D eigenvalue weighted by atomic mass is 16.1. The van der Waals surface area contributed by atoms with Gasteiger partial charge in [-0.1, -0.05) is 30.8 Å². The second-order valence-corrected chi connectivity index (χ2v) is 6.18. The second kappa shape index (κ2) is 7.29. The van der Waals surface area contributed by atoms with E-state index in [-0.39, 0.29) is 5.91 Å². The van der Waals surface area contributed by atoms with Crippen molar-refractivity contribution in [3.63, 3.8) is 0 Å². The van der Waals surface area contributed by atoms with Gasteiger partial charge >= 0.3 is 0 Å². The van der Waals surface area contributed by atoms with Crippen LogP contribution in [0.3, 0.4) is 0 Å². The number of para-hydroxylation sites is 1. The number of nitrogens with one attached hydrogen (secondary N) is 2. The summed E-state index contributed by atoms with van der Waals surface area (Å²) in [6, 6.07) is 17.5. The van der Waals surface area contributed by atoms with Gasteiger partial charge in [0.05, 0.1) is 0 Å². The summed E-state index contributed by atoms with van der Waals surface area (Å²) < 4.78 is 0. The molecule has 0 bridgehead atoms. The molecule has 0 atom stereocenters. The topological polar surface area (TPSA) is 70.2 Å². The number of rotatable bonds is 5. The second-order valence-electron chi connectivity index (χ2n) is 6.18. The minimum atomic E-state index is -0.231. The Bertz CT molecular complexity index is 987. The fourth-order valence-corrected chi connectivity index (χ4v) is 3.05. The summed E-state index contributed by atoms with van der Waals surface area (Å²) in [5.74, 6) is 1.21. The first-order valence-corrected chi connectivity index (χ1v) is 8.72. The van der Waals surface area contributed by atoms with Crippen LogP contribution in [0, 0.1) is 0 Å². The predicted molar refractivity (Wildman–Crippen MR) is 108 cm³/mol. The lowest BCUT2D eigenvalue weighted by atomic mass is 10.2. The largest absolute Gasteiger partial charge is 0.326 e. The molecule has 0 saturated heterocycles. The van der Waals surface area contributed by atoms with Gasteiger partial charge in [0, 0.05) is 35.4 Å². The van der Waals surface area contributed by atoms with Crippen LogP contribution >= 0.6 is 0 Å². The molecule has 1 aliphatic rings. The van der Waals surface area contributed by atoms with Gasteiger partial charge in [-0.3, -0.25) is 4.79 Å². The molecule has 4 rings (SSSR count). The van der Waals surface area contributed by atoms with E-state index in [0.29, 0.717) is 5.95 Å². The molecule has 0 fully saturated rings. The summed E-state index contributed by atoms with van der Waals surface area (Å²) in [7, 11) is 0. The van der Waals surface area contributed by atoms with E-state index in [1.165, 1.54) is 6.08 Å². The SMILES string of the molecule is C=CC(=O)Nc1cccc(N2CCc3cnc(Nc4ccccc4)nc32)c1. The van der Waals surface area contributed by atoms with Crippen molar-refractivity contribution in [3.05, 3.63) is 79.0 Å². The molecule has 6 nitrogen and oxygen atoms in total. The molecule has 6 heteroatoms. The Kier molecular flexibility index (Phi) is 4.53. The minimum Gasteiger partial charge on any atom is -0.326 e. The maximum Gasteiger partial charge on any atom is 0.247 e. The van der Waals surface area contributed by atoms with Gasteiger partial charge in [-0.2, -0.15) is 4.98 Å². The Morgan fingerprint density at radius 2 is 1.93 bits per heavy atom. The zero-order valence-electron chi connectivity index (χ0n) is 14.7. The zero-order chi connectivity index (χ0) is 18.6. The molecule has 2 heterocycles. The summed E-state index contributed by atoms with van der Waals surface area (Å²) >= 11 is 0. The number of carbonyl (C=O) groups is 1. The molecule has 2 aromatic carbocycles. The molecule has 27 heavy (non-hydrogen) atoms. The van der Waals surface area contributed by atoms with Crippen molar-refractivity contribution in [3.8, 4) is 0 Å². The molecular formula is C21H19N5O. The molecule has 1 aliphatic heterocycles. The number of anilines is 5. The van der Waals surface area contributed by atoms with Gasteiger partial charge in [0.15, 0.2) is 0 Å². The zero-order valence-corrected chi connectivity index (χ0v) is 14.7. The molecule has 0 radical (unpaired) electrons. The molecule has 0 aliphatic carbocycles. The number of aromatic nitrogens is 2. The van der Waals surface area contributed by atoms with Gasteiger partial charge in [-0.25, -0.2) is 4.98 Å². The summed E-state index contributed by atoms with van der Waals surface area (Å²) in [4.78, 5) is 22.8. The van der Waals surface area contributed by atoms with Gasteiger partial charge in [-0.15, -0.1) is 0 Å². The van der Waals surface area contributed by atoms with Gasteiger partial charge in [0.1, 0.15) is 5.82 Å². The fourth-order valence-electron chi connectivity index (χ4n) is 3.05. The van der Waals surface area contributed by atoms with Crippen molar-refractivity contribution < 1.29 is 4.79 Å². The number of hydrogen-bond donors (Lipinski definition) is 2. The Hall–Kier alpha value is -3.67. The summed E-state index contributed by atoms with van der Waals surface area (Å²) in [5.41, 5.74) is 3.74. The quantitative estimate of drug-likeness (QED) is 0.675. The maximum atomic E-state index is 11.6. The van der Waals surface area contributed by atoms with Crippen LogP contribution in [0.15, 0.2) is 73.4 Å². The van der Waals surface area contributed by atoms with E-state index in [9.17, 15) is 4.79 Å². The molecule has 0 saturated carbocycles. The molecule has 0 unspecified atom stereocenters. The van der Waals surface area contributed by atoms with Crippen LogP contribution in [-0.2, 0) is 11.2 Å². The van der Waals surface area contributed by atoms with Crippen molar-refractivity contribution in [2.24, 2.45) is 0 Å². The number of hydrogen-bond acceptors (Lipinski definition) is 5. The van der Waals surface area contributed by atoms with E-state index in [0.717, 1.165) is 41.4 Å².